The molecule has 0 aliphatic rings. The Labute approximate surface area is 168 Å². The SMILES string of the molecule is CSc1nnc(NC(=O)CCCN(c2cccc(C(F)(F)F)c2)S(C)(=O)=O)s1. The van der Waals surface area contributed by atoms with E-state index in [0.717, 1.165) is 28.8 Å². The standard InChI is InChI=1S/C15H17F3N4O3S3/c1-26-14-21-20-13(27-14)19-12(23)7-4-8-22(28(2,24)25)11-6-3-5-10(9-11)15(16,17)18/h3,5-6,9H,4,7-8H2,1-2H3,(H,19,20,23). The van der Waals surface area contributed by atoms with Gasteiger partial charge in [-0.3, -0.25) is 9.10 Å². The van der Waals surface area contributed by atoms with Gasteiger partial charge in [-0.1, -0.05) is 29.2 Å². The van der Waals surface area contributed by atoms with Gasteiger partial charge in [0.1, 0.15) is 0 Å². The number of alkyl halides is 3. The molecule has 0 saturated heterocycles. The Morgan fingerprint density at radius 2 is 2.04 bits per heavy atom. The minimum Gasteiger partial charge on any atom is -0.301 e. The number of thioether (sulfide) groups is 1. The second-order valence-corrected chi connectivity index (χ2v) is 9.55. The van der Waals surface area contributed by atoms with Crippen LogP contribution in [0.25, 0.3) is 0 Å². The molecule has 0 radical (unpaired) electrons. The fourth-order valence-corrected chi connectivity index (χ4v) is 4.37. The first kappa shape index (κ1) is 22.4. The second-order valence-electron chi connectivity index (χ2n) is 5.61. The van der Waals surface area contributed by atoms with Crippen LogP contribution in [-0.4, -0.2) is 43.6 Å². The van der Waals surface area contributed by atoms with Crippen molar-refractivity contribution in [3.8, 4) is 0 Å². The van der Waals surface area contributed by atoms with E-state index in [0.29, 0.717) is 9.47 Å². The van der Waals surface area contributed by atoms with Crippen LogP contribution < -0.4 is 9.62 Å². The van der Waals surface area contributed by atoms with Crippen LogP contribution in [0, 0.1) is 0 Å². The minimum atomic E-state index is -4.59. The molecule has 7 nitrogen and oxygen atoms in total. The molecule has 0 fully saturated rings. The van der Waals surface area contributed by atoms with Crippen LogP contribution in [0.4, 0.5) is 24.0 Å². The Morgan fingerprint density at radius 1 is 1.32 bits per heavy atom. The summed E-state index contributed by atoms with van der Waals surface area (Å²) in [7, 11) is -3.83. The van der Waals surface area contributed by atoms with Crippen molar-refractivity contribution in [3.63, 3.8) is 0 Å². The third kappa shape index (κ3) is 6.34. The predicted octanol–water partition coefficient (Wildman–Crippen LogP) is 3.46. The maximum Gasteiger partial charge on any atom is 0.416 e. The second kappa shape index (κ2) is 9.09. The zero-order valence-electron chi connectivity index (χ0n) is 14.9. The quantitative estimate of drug-likeness (QED) is 0.485. The topological polar surface area (TPSA) is 92.3 Å². The smallest absolute Gasteiger partial charge is 0.301 e. The number of nitrogens with zero attached hydrogens (tertiary/aromatic N) is 3. The average molecular weight is 455 g/mol. The van der Waals surface area contributed by atoms with Crippen molar-refractivity contribution in [3.05, 3.63) is 29.8 Å². The van der Waals surface area contributed by atoms with Gasteiger partial charge < -0.3 is 5.32 Å². The predicted molar refractivity (Wildman–Crippen MR) is 103 cm³/mol. The number of anilines is 2. The van der Waals surface area contributed by atoms with Gasteiger partial charge in [0.15, 0.2) is 4.34 Å². The van der Waals surface area contributed by atoms with Gasteiger partial charge in [-0.05, 0) is 30.9 Å². The van der Waals surface area contributed by atoms with E-state index in [-0.39, 0.29) is 31.0 Å². The molecule has 2 aromatic rings. The Balaban J connectivity index is 2.02. The van der Waals surface area contributed by atoms with E-state index in [1.54, 1.807) is 0 Å². The van der Waals surface area contributed by atoms with Gasteiger partial charge in [-0.25, -0.2) is 8.42 Å². The molecule has 0 saturated carbocycles. The lowest BCUT2D eigenvalue weighted by atomic mass is 10.2. The van der Waals surface area contributed by atoms with Gasteiger partial charge in [0.25, 0.3) is 0 Å². The van der Waals surface area contributed by atoms with E-state index >= 15 is 0 Å². The number of sulfonamides is 1. The zero-order valence-corrected chi connectivity index (χ0v) is 17.3. The molecule has 0 aliphatic carbocycles. The van der Waals surface area contributed by atoms with Crippen LogP contribution in [0.2, 0.25) is 0 Å². The molecule has 1 aromatic carbocycles. The molecule has 1 amide bonds. The maximum absolute atomic E-state index is 12.9. The maximum atomic E-state index is 12.9. The highest BCUT2D eigenvalue weighted by Crippen LogP contribution is 2.32. The van der Waals surface area contributed by atoms with Crippen LogP contribution in [0.5, 0.6) is 0 Å². The third-order valence-corrected chi connectivity index (χ3v) is 6.46. The molecular weight excluding hydrogens is 437 g/mol. The first-order valence-electron chi connectivity index (χ1n) is 7.83. The van der Waals surface area contributed by atoms with Gasteiger partial charge >= 0.3 is 6.18 Å². The van der Waals surface area contributed by atoms with Gasteiger partial charge in [-0.15, -0.1) is 10.2 Å². The molecule has 0 aliphatic heterocycles. The lowest BCUT2D eigenvalue weighted by molar-refractivity contribution is -0.137. The zero-order chi connectivity index (χ0) is 20.9. The summed E-state index contributed by atoms with van der Waals surface area (Å²) in [5.74, 6) is -0.388. The summed E-state index contributed by atoms with van der Waals surface area (Å²) in [5, 5.41) is 10.5. The first-order valence-corrected chi connectivity index (χ1v) is 11.7. The molecule has 0 bridgehead atoms. The van der Waals surface area contributed by atoms with E-state index in [4.69, 9.17) is 0 Å². The van der Waals surface area contributed by atoms with E-state index in [2.05, 4.69) is 15.5 Å². The normalized spacial score (nSPS) is 12.0. The largest absolute Gasteiger partial charge is 0.416 e. The number of rotatable bonds is 8. The van der Waals surface area contributed by atoms with Crippen LogP contribution >= 0.6 is 23.1 Å². The summed E-state index contributed by atoms with van der Waals surface area (Å²) in [6.07, 6.45) is -1.78. The summed E-state index contributed by atoms with van der Waals surface area (Å²) in [6.45, 7) is -0.139. The monoisotopic (exact) mass is 454 g/mol. The summed E-state index contributed by atoms with van der Waals surface area (Å²) in [6, 6.07) is 4.05. The Kier molecular flexibility index (Phi) is 7.28. The molecule has 28 heavy (non-hydrogen) atoms. The van der Waals surface area contributed by atoms with Gasteiger partial charge in [0.05, 0.1) is 17.5 Å². The van der Waals surface area contributed by atoms with E-state index in [1.807, 2.05) is 6.26 Å². The number of amides is 1. The molecule has 154 valence electrons. The van der Waals surface area contributed by atoms with Crippen LogP contribution in [0.1, 0.15) is 18.4 Å². The van der Waals surface area contributed by atoms with Gasteiger partial charge in [0.2, 0.25) is 21.1 Å². The summed E-state index contributed by atoms with van der Waals surface area (Å²) in [5.41, 5.74) is -1.05. The van der Waals surface area contributed by atoms with Crippen molar-refractivity contribution in [2.24, 2.45) is 0 Å². The van der Waals surface area contributed by atoms with Crippen molar-refractivity contribution < 1.29 is 26.4 Å². The minimum absolute atomic E-state index is 0.0286. The summed E-state index contributed by atoms with van der Waals surface area (Å²) in [4.78, 5) is 12.0. The highest BCUT2D eigenvalue weighted by Gasteiger charge is 2.31. The molecule has 1 aromatic heterocycles. The number of carbonyl (C=O) groups is 1. The number of aromatic nitrogens is 2. The Bertz CT molecular complexity index is 932. The average Bonchev–Trinajstić information content (AvgIpc) is 3.04. The van der Waals surface area contributed by atoms with Crippen LogP contribution in [0.15, 0.2) is 28.6 Å². The number of halogens is 3. The molecule has 13 heteroatoms. The van der Waals surface area contributed by atoms with Crippen LogP contribution in [-0.2, 0) is 21.0 Å². The number of hydrogen-bond acceptors (Lipinski definition) is 7. The highest BCUT2D eigenvalue weighted by atomic mass is 32.2. The molecule has 0 unspecified atom stereocenters. The van der Waals surface area contributed by atoms with Gasteiger partial charge in [0, 0.05) is 13.0 Å². The van der Waals surface area contributed by atoms with E-state index < -0.39 is 21.8 Å². The fraction of sp³-hybridized carbons (Fsp3) is 0.400. The fourth-order valence-electron chi connectivity index (χ4n) is 2.23. The van der Waals surface area contributed by atoms with Crippen molar-refractivity contribution in [2.75, 3.05) is 28.7 Å². The van der Waals surface area contributed by atoms with Crippen LogP contribution in [0.3, 0.4) is 0 Å². The molecule has 0 spiro atoms. The summed E-state index contributed by atoms with van der Waals surface area (Å²) >= 11 is 2.58. The molecule has 0 atom stereocenters. The Hall–Kier alpha value is -1.86. The Morgan fingerprint density at radius 3 is 2.61 bits per heavy atom. The lowest BCUT2D eigenvalue weighted by Gasteiger charge is -2.23. The van der Waals surface area contributed by atoms with Crippen molar-refractivity contribution in [1.82, 2.24) is 10.2 Å². The number of hydrogen-bond donors (Lipinski definition) is 1. The third-order valence-electron chi connectivity index (χ3n) is 3.45. The summed E-state index contributed by atoms with van der Waals surface area (Å²) < 4.78 is 64.2. The van der Waals surface area contributed by atoms with Crippen molar-refractivity contribution in [1.29, 1.82) is 0 Å². The number of carbonyl (C=O) groups excluding carboxylic acids is 1. The van der Waals surface area contributed by atoms with Crippen molar-refractivity contribution in [2.45, 2.75) is 23.4 Å². The van der Waals surface area contributed by atoms with Gasteiger partial charge in [-0.2, -0.15) is 13.2 Å². The molecule has 2 rings (SSSR count). The number of benzene rings is 1. The van der Waals surface area contributed by atoms with Crippen molar-refractivity contribution >= 4 is 49.8 Å². The molecule has 1 heterocycles. The van der Waals surface area contributed by atoms with E-state index in [1.165, 1.54) is 29.2 Å². The first-order chi connectivity index (χ1) is 13.0. The van der Waals surface area contributed by atoms with E-state index in [9.17, 15) is 26.4 Å². The molecular formula is C15H17F3N4O3S3. The lowest BCUT2D eigenvalue weighted by Crippen LogP contribution is -2.31. The highest BCUT2D eigenvalue weighted by molar-refractivity contribution is 8.00. The number of nitrogens with one attached hydrogen (secondary N) is 1. The molecule has 1 N–H and O–H groups in total.